The highest BCUT2D eigenvalue weighted by Gasteiger charge is 2.12. The molecule has 0 spiro atoms. The van der Waals surface area contributed by atoms with Crippen LogP contribution < -0.4 is 14.9 Å². The fraction of sp³-hybridized carbons (Fsp3) is 0.417. The number of rotatable bonds is 5. The predicted molar refractivity (Wildman–Crippen MR) is 77.0 cm³/mol. The van der Waals surface area contributed by atoms with Crippen LogP contribution in [-0.2, 0) is 10.0 Å². The van der Waals surface area contributed by atoms with E-state index in [1.807, 2.05) is 6.92 Å². The first-order valence-corrected chi connectivity index (χ1v) is 7.78. The lowest BCUT2D eigenvalue weighted by Crippen LogP contribution is -2.29. The SMILES string of the molecule is CCCNC(=O)Nc1cccc(N(C)S(C)(=O)=O)c1. The van der Waals surface area contributed by atoms with Crippen molar-refractivity contribution in [2.24, 2.45) is 0 Å². The standard InChI is InChI=1S/C12H19N3O3S/c1-4-8-13-12(16)14-10-6-5-7-11(9-10)15(2)19(3,17)18/h5-7,9H,4,8H2,1-3H3,(H2,13,14,16). The zero-order valence-corrected chi connectivity index (χ0v) is 12.1. The summed E-state index contributed by atoms with van der Waals surface area (Å²) in [5, 5.41) is 5.33. The Labute approximate surface area is 113 Å². The molecule has 0 aliphatic heterocycles. The number of hydrogen-bond donors (Lipinski definition) is 2. The molecule has 0 bridgehead atoms. The van der Waals surface area contributed by atoms with Gasteiger partial charge in [-0.15, -0.1) is 0 Å². The molecule has 0 atom stereocenters. The van der Waals surface area contributed by atoms with Crippen molar-refractivity contribution in [2.75, 3.05) is 29.5 Å². The molecule has 0 heterocycles. The summed E-state index contributed by atoms with van der Waals surface area (Å²) in [6.45, 7) is 2.55. The number of hydrogen-bond acceptors (Lipinski definition) is 3. The average molecular weight is 285 g/mol. The van der Waals surface area contributed by atoms with Gasteiger partial charge in [-0.3, -0.25) is 4.31 Å². The Morgan fingerprint density at radius 1 is 1.37 bits per heavy atom. The molecule has 0 aliphatic carbocycles. The van der Waals surface area contributed by atoms with Crippen molar-refractivity contribution in [3.63, 3.8) is 0 Å². The fourth-order valence-corrected chi connectivity index (χ4v) is 1.88. The first-order chi connectivity index (χ1) is 8.84. The lowest BCUT2D eigenvalue weighted by atomic mass is 10.3. The number of carbonyl (C=O) groups is 1. The molecule has 0 fully saturated rings. The van der Waals surface area contributed by atoms with Crippen molar-refractivity contribution in [3.8, 4) is 0 Å². The van der Waals surface area contributed by atoms with E-state index in [1.54, 1.807) is 24.3 Å². The van der Waals surface area contributed by atoms with Gasteiger partial charge in [-0.1, -0.05) is 13.0 Å². The van der Waals surface area contributed by atoms with Crippen molar-refractivity contribution >= 4 is 27.4 Å². The number of anilines is 2. The second-order valence-corrected chi connectivity index (χ2v) is 6.18. The topological polar surface area (TPSA) is 78.5 Å². The zero-order chi connectivity index (χ0) is 14.5. The molecule has 0 aromatic heterocycles. The largest absolute Gasteiger partial charge is 0.338 e. The molecule has 1 aromatic rings. The van der Waals surface area contributed by atoms with Crippen molar-refractivity contribution in [1.82, 2.24) is 5.32 Å². The van der Waals surface area contributed by atoms with Crippen LogP contribution in [0.4, 0.5) is 16.2 Å². The fourth-order valence-electron chi connectivity index (χ4n) is 1.38. The Bertz CT molecular complexity index is 543. The van der Waals surface area contributed by atoms with E-state index in [2.05, 4.69) is 10.6 Å². The second kappa shape index (κ2) is 6.42. The van der Waals surface area contributed by atoms with Gasteiger partial charge in [0.05, 0.1) is 11.9 Å². The van der Waals surface area contributed by atoms with Gasteiger partial charge in [0.2, 0.25) is 10.0 Å². The van der Waals surface area contributed by atoms with Crippen LogP contribution in [0, 0.1) is 0 Å². The van der Waals surface area contributed by atoms with Gasteiger partial charge in [-0.2, -0.15) is 0 Å². The monoisotopic (exact) mass is 285 g/mol. The molecule has 19 heavy (non-hydrogen) atoms. The summed E-state index contributed by atoms with van der Waals surface area (Å²) in [6, 6.07) is 6.35. The van der Waals surface area contributed by atoms with E-state index in [9.17, 15) is 13.2 Å². The molecule has 0 unspecified atom stereocenters. The van der Waals surface area contributed by atoms with Crippen molar-refractivity contribution in [3.05, 3.63) is 24.3 Å². The quantitative estimate of drug-likeness (QED) is 0.862. The van der Waals surface area contributed by atoms with Crippen LogP contribution in [0.2, 0.25) is 0 Å². The summed E-state index contributed by atoms with van der Waals surface area (Å²) in [7, 11) is -1.85. The summed E-state index contributed by atoms with van der Waals surface area (Å²) < 4.78 is 24.0. The van der Waals surface area contributed by atoms with Gasteiger partial charge < -0.3 is 10.6 Å². The van der Waals surface area contributed by atoms with Crippen molar-refractivity contribution in [1.29, 1.82) is 0 Å². The van der Waals surface area contributed by atoms with Crippen LogP contribution in [-0.4, -0.2) is 34.3 Å². The maximum absolute atomic E-state index is 11.5. The lowest BCUT2D eigenvalue weighted by molar-refractivity contribution is 0.252. The lowest BCUT2D eigenvalue weighted by Gasteiger charge is -2.17. The highest BCUT2D eigenvalue weighted by atomic mass is 32.2. The zero-order valence-electron chi connectivity index (χ0n) is 11.3. The summed E-state index contributed by atoms with van der Waals surface area (Å²) in [5.74, 6) is 0. The van der Waals surface area contributed by atoms with Gasteiger partial charge in [0.25, 0.3) is 0 Å². The van der Waals surface area contributed by atoms with E-state index in [-0.39, 0.29) is 6.03 Å². The van der Waals surface area contributed by atoms with Crippen LogP contribution in [0.15, 0.2) is 24.3 Å². The molecule has 2 amide bonds. The molecule has 0 radical (unpaired) electrons. The van der Waals surface area contributed by atoms with Gasteiger partial charge >= 0.3 is 6.03 Å². The Hall–Kier alpha value is -1.76. The van der Waals surface area contributed by atoms with Gasteiger partial charge in [-0.05, 0) is 24.6 Å². The van der Waals surface area contributed by atoms with Gasteiger partial charge in [0, 0.05) is 19.3 Å². The minimum Gasteiger partial charge on any atom is -0.338 e. The molecule has 2 N–H and O–H groups in total. The molecular weight excluding hydrogens is 266 g/mol. The molecule has 0 saturated heterocycles. The van der Waals surface area contributed by atoms with Crippen LogP contribution in [0.5, 0.6) is 0 Å². The van der Waals surface area contributed by atoms with E-state index in [0.717, 1.165) is 17.0 Å². The number of amides is 2. The Morgan fingerprint density at radius 2 is 2.05 bits per heavy atom. The maximum atomic E-state index is 11.5. The Kier molecular flexibility index (Phi) is 5.17. The van der Waals surface area contributed by atoms with Crippen LogP contribution in [0.25, 0.3) is 0 Å². The molecule has 1 aromatic carbocycles. The highest BCUT2D eigenvalue weighted by Crippen LogP contribution is 2.20. The third-order valence-electron chi connectivity index (χ3n) is 2.50. The van der Waals surface area contributed by atoms with Crippen molar-refractivity contribution in [2.45, 2.75) is 13.3 Å². The molecular formula is C12H19N3O3S. The molecule has 1 rings (SSSR count). The minimum absolute atomic E-state index is 0.305. The van der Waals surface area contributed by atoms with Crippen LogP contribution in [0.3, 0.4) is 0 Å². The number of carbonyl (C=O) groups excluding carboxylic acids is 1. The average Bonchev–Trinajstić information content (AvgIpc) is 2.34. The summed E-state index contributed by atoms with van der Waals surface area (Å²) in [6.07, 6.45) is 1.98. The molecule has 106 valence electrons. The van der Waals surface area contributed by atoms with Crippen molar-refractivity contribution < 1.29 is 13.2 Å². The molecule has 0 saturated carbocycles. The van der Waals surface area contributed by atoms with Gasteiger partial charge in [0.15, 0.2) is 0 Å². The normalized spacial score (nSPS) is 10.9. The summed E-state index contributed by atoms with van der Waals surface area (Å²) in [5.41, 5.74) is 1.04. The van der Waals surface area contributed by atoms with Gasteiger partial charge in [-0.25, -0.2) is 13.2 Å². The second-order valence-electron chi connectivity index (χ2n) is 4.16. The Morgan fingerprint density at radius 3 is 2.63 bits per heavy atom. The number of sulfonamides is 1. The van der Waals surface area contributed by atoms with E-state index in [4.69, 9.17) is 0 Å². The first-order valence-electron chi connectivity index (χ1n) is 5.93. The third kappa shape index (κ3) is 4.78. The summed E-state index contributed by atoms with van der Waals surface area (Å²) in [4.78, 5) is 11.5. The van der Waals surface area contributed by atoms with E-state index in [1.165, 1.54) is 7.05 Å². The number of benzene rings is 1. The van der Waals surface area contributed by atoms with Crippen LogP contribution >= 0.6 is 0 Å². The Balaban J connectivity index is 2.80. The molecule has 7 heteroatoms. The summed E-state index contributed by atoms with van der Waals surface area (Å²) >= 11 is 0. The van der Waals surface area contributed by atoms with E-state index in [0.29, 0.717) is 17.9 Å². The highest BCUT2D eigenvalue weighted by molar-refractivity contribution is 7.92. The number of urea groups is 1. The van der Waals surface area contributed by atoms with E-state index < -0.39 is 10.0 Å². The minimum atomic E-state index is -3.31. The maximum Gasteiger partial charge on any atom is 0.319 e. The van der Waals surface area contributed by atoms with Crippen LogP contribution in [0.1, 0.15) is 13.3 Å². The molecule has 6 nitrogen and oxygen atoms in total. The number of nitrogens with one attached hydrogen (secondary N) is 2. The smallest absolute Gasteiger partial charge is 0.319 e. The van der Waals surface area contributed by atoms with E-state index >= 15 is 0 Å². The predicted octanol–water partition coefficient (Wildman–Crippen LogP) is 1.61. The third-order valence-corrected chi connectivity index (χ3v) is 3.71. The molecule has 0 aliphatic rings. The number of nitrogens with zero attached hydrogens (tertiary/aromatic N) is 1. The van der Waals surface area contributed by atoms with Gasteiger partial charge in [0.1, 0.15) is 0 Å². The first kappa shape index (κ1) is 15.3.